The van der Waals surface area contributed by atoms with Gasteiger partial charge in [0, 0.05) is 17.2 Å². The van der Waals surface area contributed by atoms with Crippen molar-refractivity contribution in [3.05, 3.63) is 23.8 Å². The van der Waals surface area contributed by atoms with E-state index in [4.69, 9.17) is 4.42 Å². The van der Waals surface area contributed by atoms with Crippen LogP contribution < -0.4 is 0 Å². The van der Waals surface area contributed by atoms with Crippen molar-refractivity contribution >= 4 is 11.1 Å². The van der Waals surface area contributed by atoms with Gasteiger partial charge in [-0.05, 0) is 5.41 Å². The van der Waals surface area contributed by atoms with Crippen molar-refractivity contribution in [2.45, 2.75) is 52.4 Å². The van der Waals surface area contributed by atoms with Gasteiger partial charge in [0.2, 0.25) is 0 Å². The molecule has 0 aliphatic heterocycles. The summed E-state index contributed by atoms with van der Waals surface area (Å²) in [5.74, 6) is 0. The van der Waals surface area contributed by atoms with Crippen LogP contribution in [-0.2, 0) is 10.8 Å². The molecule has 0 saturated carbocycles. The minimum absolute atomic E-state index is 0.0151. The molecule has 2 aromatic heterocycles. The second-order valence-electron chi connectivity index (χ2n) is 6.55. The van der Waals surface area contributed by atoms with Gasteiger partial charge in [0.05, 0.1) is 5.69 Å². The number of pyridine rings is 1. The number of hydrogen-bond acceptors (Lipinski definition) is 3. The zero-order valence-electron chi connectivity index (χ0n) is 11.5. The molecule has 17 heavy (non-hydrogen) atoms. The Balaban J connectivity index is 2.76. The molecule has 0 unspecified atom stereocenters. The molecule has 0 amide bonds. The van der Waals surface area contributed by atoms with Crippen LogP contribution in [0.2, 0.25) is 0 Å². The second-order valence-corrected chi connectivity index (χ2v) is 6.55. The zero-order valence-corrected chi connectivity index (χ0v) is 11.5. The highest BCUT2D eigenvalue weighted by Crippen LogP contribution is 2.33. The fourth-order valence-corrected chi connectivity index (χ4v) is 1.94. The number of hydrogen-bond donors (Lipinski definition) is 0. The summed E-state index contributed by atoms with van der Waals surface area (Å²) in [4.78, 5) is 8.92. The lowest BCUT2D eigenvalue weighted by molar-refractivity contribution is 0.544. The van der Waals surface area contributed by atoms with Gasteiger partial charge >= 0.3 is 0 Å². The number of aromatic nitrogens is 2. The molecule has 0 fully saturated rings. The highest BCUT2D eigenvalue weighted by molar-refractivity contribution is 5.79. The molecule has 2 rings (SSSR count). The first-order chi connectivity index (χ1) is 7.71. The minimum atomic E-state index is -0.0223. The van der Waals surface area contributed by atoms with E-state index in [0.29, 0.717) is 0 Å². The summed E-state index contributed by atoms with van der Waals surface area (Å²) in [5, 5.41) is 0. The van der Waals surface area contributed by atoms with Crippen molar-refractivity contribution in [2.75, 3.05) is 0 Å². The maximum absolute atomic E-state index is 5.56. The molecule has 0 N–H and O–H groups in total. The van der Waals surface area contributed by atoms with Crippen LogP contribution in [0.25, 0.3) is 11.1 Å². The van der Waals surface area contributed by atoms with Gasteiger partial charge in [0.25, 0.3) is 0 Å². The SMILES string of the molecule is CC(C)(C)c1ncc(C(C)(C)C)c2ocnc12. The van der Waals surface area contributed by atoms with Crippen LogP contribution >= 0.6 is 0 Å². The topological polar surface area (TPSA) is 38.9 Å². The van der Waals surface area contributed by atoms with Crippen molar-refractivity contribution in [3.8, 4) is 0 Å². The van der Waals surface area contributed by atoms with Crippen molar-refractivity contribution in [3.63, 3.8) is 0 Å². The summed E-state index contributed by atoms with van der Waals surface area (Å²) in [6.45, 7) is 12.9. The largest absolute Gasteiger partial charge is 0.443 e. The summed E-state index contributed by atoms with van der Waals surface area (Å²) in [7, 11) is 0. The molecule has 0 atom stereocenters. The third-order valence-corrected chi connectivity index (χ3v) is 2.88. The molecular formula is C14H20N2O. The molecule has 3 heteroatoms. The first-order valence-electron chi connectivity index (χ1n) is 5.94. The van der Waals surface area contributed by atoms with Gasteiger partial charge in [-0.25, -0.2) is 4.98 Å². The standard InChI is InChI=1S/C14H20N2O/c1-13(2,3)9-7-15-12(14(4,5)6)10-11(9)17-8-16-10/h7-8H,1-6H3. The van der Waals surface area contributed by atoms with Crippen molar-refractivity contribution in [1.82, 2.24) is 9.97 Å². The van der Waals surface area contributed by atoms with Crippen LogP contribution in [-0.4, -0.2) is 9.97 Å². The average molecular weight is 232 g/mol. The quantitative estimate of drug-likeness (QED) is 0.693. The van der Waals surface area contributed by atoms with E-state index in [1.54, 1.807) is 0 Å². The highest BCUT2D eigenvalue weighted by atomic mass is 16.3. The Kier molecular flexibility index (Phi) is 2.53. The molecule has 0 spiro atoms. The maximum Gasteiger partial charge on any atom is 0.182 e. The van der Waals surface area contributed by atoms with Gasteiger partial charge in [-0.3, -0.25) is 4.98 Å². The lowest BCUT2D eigenvalue weighted by atomic mass is 9.85. The van der Waals surface area contributed by atoms with Crippen LogP contribution in [0.1, 0.15) is 52.8 Å². The molecule has 3 nitrogen and oxygen atoms in total. The van der Waals surface area contributed by atoms with Crippen LogP contribution in [0.3, 0.4) is 0 Å². The lowest BCUT2D eigenvalue weighted by Gasteiger charge is -2.22. The van der Waals surface area contributed by atoms with Gasteiger partial charge in [0.1, 0.15) is 5.52 Å². The van der Waals surface area contributed by atoms with Crippen molar-refractivity contribution < 1.29 is 4.42 Å². The first-order valence-corrected chi connectivity index (χ1v) is 5.94. The summed E-state index contributed by atoms with van der Waals surface area (Å²) < 4.78 is 5.56. The molecule has 0 aliphatic rings. The normalized spacial score (nSPS) is 13.3. The van der Waals surface area contributed by atoms with Gasteiger partial charge in [-0.15, -0.1) is 0 Å². The van der Waals surface area contributed by atoms with Gasteiger partial charge in [-0.1, -0.05) is 41.5 Å². The smallest absolute Gasteiger partial charge is 0.182 e. The molecule has 92 valence electrons. The van der Waals surface area contributed by atoms with Crippen LogP contribution in [0.5, 0.6) is 0 Å². The summed E-state index contributed by atoms with van der Waals surface area (Å²) >= 11 is 0. The summed E-state index contributed by atoms with van der Waals surface area (Å²) in [6, 6.07) is 0. The molecule has 0 aliphatic carbocycles. The van der Waals surface area contributed by atoms with E-state index in [1.165, 1.54) is 6.39 Å². The Morgan fingerprint density at radius 2 is 1.59 bits per heavy atom. The molecular weight excluding hydrogens is 212 g/mol. The van der Waals surface area contributed by atoms with E-state index >= 15 is 0 Å². The number of rotatable bonds is 0. The molecule has 0 bridgehead atoms. The molecule has 0 saturated heterocycles. The van der Waals surface area contributed by atoms with Gasteiger partial charge in [-0.2, -0.15) is 0 Å². The predicted molar refractivity (Wildman–Crippen MR) is 69.2 cm³/mol. The maximum atomic E-state index is 5.56. The van der Waals surface area contributed by atoms with E-state index in [1.807, 2.05) is 6.20 Å². The molecule has 2 aromatic rings. The van der Waals surface area contributed by atoms with Gasteiger partial charge < -0.3 is 4.42 Å². The Labute approximate surface area is 102 Å². The van der Waals surface area contributed by atoms with Crippen LogP contribution in [0.15, 0.2) is 17.0 Å². The molecule has 0 aromatic carbocycles. The van der Waals surface area contributed by atoms with Crippen LogP contribution in [0, 0.1) is 0 Å². The second kappa shape index (κ2) is 3.56. The zero-order chi connectivity index (χ0) is 12.8. The fourth-order valence-electron chi connectivity index (χ4n) is 1.94. The Morgan fingerprint density at radius 3 is 2.12 bits per heavy atom. The number of oxazole rings is 1. The van der Waals surface area contributed by atoms with Crippen molar-refractivity contribution in [2.24, 2.45) is 0 Å². The van der Waals surface area contributed by atoms with E-state index in [0.717, 1.165) is 22.4 Å². The Morgan fingerprint density at radius 1 is 0.941 bits per heavy atom. The average Bonchev–Trinajstić information content (AvgIpc) is 2.60. The number of nitrogens with zero attached hydrogens (tertiary/aromatic N) is 2. The van der Waals surface area contributed by atoms with E-state index in [2.05, 4.69) is 51.5 Å². The van der Waals surface area contributed by atoms with Crippen LogP contribution in [0.4, 0.5) is 0 Å². The van der Waals surface area contributed by atoms with E-state index in [-0.39, 0.29) is 10.8 Å². The Hall–Kier alpha value is -1.38. The van der Waals surface area contributed by atoms with E-state index in [9.17, 15) is 0 Å². The number of fused-ring (bicyclic) bond motifs is 1. The molecule has 0 radical (unpaired) electrons. The lowest BCUT2D eigenvalue weighted by Crippen LogP contribution is -2.17. The van der Waals surface area contributed by atoms with Crippen molar-refractivity contribution in [1.29, 1.82) is 0 Å². The summed E-state index contributed by atoms with van der Waals surface area (Å²) in [5.41, 5.74) is 3.86. The van der Waals surface area contributed by atoms with Gasteiger partial charge in [0.15, 0.2) is 12.0 Å². The summed E-state index contributed by atoms with van der Waals surface area (Å²) in [6.07, 6.45) is 3.44. The highest BCUT2D eigenvalue weighted by Gasteiger charge is 2.26. The monoisotopic (exact) mass is 232 g/mol. The minimum Gasteiger partial charge on any atom is -0.443 e. The Bertz CT molecular complexity index is 493. The molecule has 2 heterocycles. The fraction of sp³-hybridized carbons (Fsp3) is 0.571. The predicted octanol–water partition coefficient (Wildman–Crippen LogP) is 3.82. The third kappa shape index (κ3) is 2.06. The first kappa shape index (κ1) is 12.1. The third-order valence-electron chi connectivity index (χ3n) is 2.88. The van der Waals surface area contributed by atoms with E-state index < -0.39 is 0 Å².